The Hall–Kier alpha value is -2.49. The summed E-state index contributed by atoms with van der Waals surface area (Å²) >= 11 is 1.88. The van der Waals surface area contributed by atoms with Gasteiger partial charge in [0.1, 0.15) is 17.0 Å². The molecule has 0 unspecified atom stereocenters. The summed E-state index contributed by atoms with van der Waals surface area (Å²) in [5, 5.41) is 10.3. The summed E-state index contributed by atoms with van der Waals surface area (Å²) < 4.78 is 0. The Bertz CT molecular complexity index is 1060. The predicted molar refractivity (Wildman–Crippen MR) is 117 cm³/mol. The molecule has 1 aliphatic carbocycles. The molecular weight excluding hydrogens is 378 g/mol. The van der Waals surface area contributed by atoms with Gasteiger partial charge in [0, 0.05) is 37.6 Å². The molecule has 1 saturated heterocycles. The molecule has 6 heteroatoms. The molecule has 1 fully saturated rings. The first-order valence-corrected chi connectivity index (χ1v) is 11.2. The normalized spacial score (nSPS) is 19.9. The van der Waals surface area contributed by atoms with Gasteiger partial charge < -0.3 is 4.90 Å². The fourth-order valence-electron chi connectivity index (χ4n) is 4.56. The maximum absolute atomic E-state index is 8.96. The number of rotatable bonds is 3. The molecule has 0 N–H and O–H groups in total. The smallest absolute Gasteiger partial charge is 0.141 e. The SMILES string of the molecule is C[C@@H]1CCc2c(sc3ncnc(N4CCN(Cc5ccc(C#N)cc5)CC4)c23)C1. The molecule has 5 nitrogen and oxygen atoms in total. The molecule has 1 aliphatic heterocycles. The standard InChI is InChI=1S/C23H25N5S/c1-16-2-7-19-20(12-16)29-23-21(19)22(25-15-26-23)28-10-8-27(9-11-28)14-18-5-3-17(13-24)4-6-18/h3-6,15-16H,2,7-12,14H2,1H3/t16-/m1/s1. The van der Waals surface area contributed by atoms with Crippen LogP contribution in [-0.2, 0) is 19.4 Å². The van der Waals surface area contributed by atoms with Crippen LogP contribution in [0.4, 0.5) is 5.82 Å². The van der Waals surface area contributed by atoms with Crippen LogP contribution >= 0.6 is 11.3 Å². The summed E-state index contributed by atoms with van der Waals surface area (Å²) in [5.74, 6) is 1.91. The first kappa shape index (κ1) is 18.5. The predicted octanol–water partition coefficient (Wildman–Crippen LogP) is 4.01. The lowest BCUT2D eigenvalue weighted by Gasteiger charge is -2.35. The van der Waals surface area contributed by atoms with Gasteiger partial charge in [0.05, 0.1) is 17.0 Å². The molecule has 0 radical (unpaired) electrons. The second-order valence-corrected chi connectivity index (χ2v) is 9.38. The van der Waals surface area contributed by atoms with Gasteiger partial charge in [-0.1, -0.05) is 19.1 Å². The van der Waals surface area contributed by atoms with Gasteiger partial charge in [0.15, 0.2) is 0 Å². The summed E-state index contributed by atoms with van der Waals surface area (Å²) in [6.07, 6.45) is 5.36. The van der Waals surface area contributed by atoms with Gasteiger partial charge >= 0.3 is 0 Å². The van der Waals surface area contributed by atoms with E-state index >= 15 is 0 Å². The highest BCUT2D eigenvalue weighted by Crippen LogP contribution is 2.40. The lowest BCUT2D eigenvalue weighted by Crippen LogP contribution is -2.46. The van der Waals surface area contributed by atoms with E-state index in [2.05, 4.69) is 39.9 Å². The van der Waals surface area contributed by atoms with Crippen molar-refractivity contribution in [3.63, 3.8) is 0 Å². The Balaban J connectivity index is 1.32. The molecule has 1 aromatic carbocycles. The van der Waals surface area contributed by atoms with E-state index in [1.54, 1.807) is 6.33 Å². The summed E-state index contributed by atoms with van der Waals surface area (Å²) in [5.41, 5.74) is 3.50. The lowest BCUT2D eigenvalue weighted by molar-refractivity contribution is 0.249. The number of fused-ring (bicyclic) bond motifs is 3. The van der Waals surface area contributed by atoms with Crippen molar-refractivity contribution in [2.24, 2.45) is 5.92 Å². The van der Waals surface area contributed by atoms with E-state index in [1.165, 1.54) is 34.2 Å². The summed E-state index contributed by atoms with van der Waals surface area (Å²) in [4.78, 5) is 17.0. The van der Waals surface area contributed by atoms with E-state index in [4.69, 9.17) is 10.2 Å². The number of nitrogens with zero attached hydrogens (tertiary/aromatic N) is 5. The van der Waals surface area contributed by atoms with Crippen LogP contribution in [-0.4, -0.2) is 41.0 Å². The molecule has 0 amide bonds. The van der Waals surface area contributed by atoms with Crippen molar-refractivity contribution >= 4 is 27.4 Å². The Morgan fingerprint density at radius 1 is 1.14 bits per heavy atom. The molecule has 29 heavy (non-hydrogen) atoms. The zero-order chi connectivity index (χ0) is 19.8. The van der Waals surface area contributed by atoms with Crippen LogP contribution in [0.1, 0.15) is 34.9 Å². The highest BCUT2D eigenvalue weighted by Gasteiger charge is 2.26. The van der Waals surface area contributed by atoms with Crippen molar-refractivity contribution in [3.8, 4) is 6.07 Å². The van der Waals surface area contributed by atoms with E-state index in [0.29, 0.717) is 0 Å². The van der Waals surface area contributed by atoms with Crippen LogP contribution < -0.4 is 4.90 Å². The summed E-state index contributed by atoms with van der Waals surface area (Å²) in [6, 6.07) is 10.1. The minimum Gasteiger partial charge on any atom is -0.353 e. The maximum atomic E-state index is 8.96. The molecule has 0 bridgehead atoms. The fourth-order valence-corrected chi connectivity index (χ4v) is 5.90. The molecule has 148 valence electrons. The topological polar surface area (TPSA) is 56.1 Å². The number of benzene rings is 1. The second kappa shape index (κ2) is 7.74. The third-order valence-corrected chi connectivity index (χ3v) is 7.40. The zero-order valence-electron chi connectivity index (χ0n) is 16.8. The third-order valence-electron chi connectivity index (χ3n) is 6.23. The largest absolute Gasteiger partial charge is 0.353 e. The molecule has 5 rings (SSSR count). The van der Waals surface area contributed by atoms with Gasteiger partial charge in [0.2, 0.25) is 0 Å². The van der Waals surface area contributed by atoms with Crippen LogP contribution in [0, 0.1) is 17.2 Å². The Labute approximate surface area is 175 Å². The third kappa shape index (κ3) is 3.61. The van der Waals surface area contributed by atoms with Gasteiger partial charge in [-0.15, -0.1) is 11.3 Å². The van der Waals surface area contributed by atoms with Crippen molar-refractivity contribution in [3.05, 3.63) is 52.2 Å². The van der Waals surface area contributed by atoms with Gasteiger partial charge in [-0.25, -0.2) is 9.97 Å². The molecule has 3 aromatic rings. The van der Waals surface area contributed by atoms with Crippen molar-refractivity contribution < 1.29 is 0 Å². The van der Waals surface area contributed by atoms with E-state index < -0.39 is 0 Å². The number of aryl methyl sites for hydroxylation is 1. The fraction of sp³-hybridized carbons (Fsp3) is 0.435. The van der Waals surface area contributed by atoms with Crippen LogP contribution in [0.3, 0.4) is 0 Å². The zero-order valence-corrected chi connectivity index (χ0v) is 17.6. The van der Waals surface area contributed by atoms with Crippen molar-refractivity contribution in [2.75, 3.05) is 31.1 Å². The minimum absolute atomic E-state index is 0.722. The molecule has 0 saturated carbocycles. The molecular formula is C23H25N5S. The highest BCUT2D eigenvalue weighted by molar-refractivity contribution is 7.19. The van der Waals surface area contributed by atoms with Crippen LogP contribution in [0.25, 0.3) is 10.2 Å². The summed E-state index contributed by atoms with van der Waals surface area (Å²) in [7, 11) is 0. The number of aromatic nitrogens is 2. The average molecular weight is 404 g/mol. The Kier molecular flexibility index (Phi) is 4.94. The van der Waals surface area contributed by atoms with Crippen molar-refractivity contribution in [2.45, 2.75) is 32.7 Å². The van der Waals surface area contributed by atoms with Gasteiger partial charge in [0.25, 0.3) is 0 Å². The number of hydrogen-bond acceptors (Lipinski definition) is 6. The maximum Gasteiger partial charge on any atom is 0.141 e. The number of nitriles is 1. The van der Waals surface area contributed by atoms with E-state index in [1.807, 2.05) is 23.5 Å². The van der Waals surface area contributed by atoms with Crippen molar-refractivity contribution in [1.29, 1.82) is 5.26 Å². The summed E-state index contributed by atoms with van der Waals surface area (Å²) in [6.45, 7) is 7.31. The molecule has 2 aliphatic rings. The van der Waals surface area contributed by atoms with E-state index in [0.717, 1.165) is 61.3 Å². The van der Waals surface area contributed by atoms with Crippen LogP contribution in [0.15, 0.2) is 30.6 Å². The first-order valence-electron chi connectivity index (χ1n) is 10.4. The highest BCUT2D eigenvalue weighted by atomic mass is 32.1. The second-order valence-electron chi connectivity index (χ2n) is 8.30. The molecule has 2 aromatic heterocycles. The van der Waals surface area contributed by atoms with E-state index in [-0.39, 0.29) is 0 Å². The van der Waals surface area contributed by atoms with Gasteiger partial charge in [-0.05, 0) is 48.4 Å². The number of anilines is 1. The van der Waals surface area contributed by atoms with E-state index in [9.17, 15) is 0 Å². The molecule has 1 atom stereocenters. The van der Waals surface area contributed by atoms with Gasteiger partial charge in [-0.3, -0.25) is 4.90 Å². The van der Waals surface area contributed by atoms with Crippen LogP contribution in [0.2, 0.25) is 0 Å². The minimum atomic E-state index is 0.722. The monoisotopic (exact) mass is 403 g/mol. The first-order chi connectivity index (χ1) is 14.2. The Morgan fingerprint density at radius 3 is 2.69 bits per heavy atom. The number of hydrogen-bond donors (Lipinski definition) is 0. The van der Waals surface area contributed by atoms with Crippen LogP contribution in [0.5, 0.6) is 0 Å². The number of thiophene rings is 1. The average Bonchev–Trinajstić information content (AvgIpc) is 3.12. The quantitative estimate of drug-likeness (QED) is 0.661. The Morgan fingerprint density at radius 2 is 1.93 bits per heavy atom. The molecule has 0 spiro atoms. The van der Waals surface area contributed by atoms with Gasteiger partial charge in [-0.2, -0.15) is 5.26 Å². The number of piperazine rings is 1. The lowest BCUT2D eigenvalue weighted by atomic mass is 9.89. The molecule has 3 heterocycles. The van der Waals surface area contributed by atoms with Crippen molar-refractivity contribution in [1.82, 2.24) is 14.9 Å².